The van der Waals surface area contributed by atoms with Gasteiger partial charge in [-0.25, -0.2) is 0 Å². The lowest BCUT2D eigenvalue weighted by Gasteiger charge is -2.04. The topological polar surface area (TPSA) is 12.0 Å². The minimum absolute atomic E-state index is 0.801. The van der Waals surface area contributed by atoms with E-state index in [1.165, 1.54) is 18.4 Å². The van der Waals surface area contributed by atoms with E-state index >= 15 is 0 Å². The lowest BCUT2D eigenvalue weighted by atomic mass is 10.0. The van der Waals surface area contributed by atoms with Crippen LogP contribution in [0, 0.1) is 5.92 Å². The third-order valence-corrected chi connectivity index (χ3v) is 2.12. The summed E-state index contributed by atoms with van der Waals surface area (Å²) >= 11 is 0. The van der Waals surface area contributed by atoms with E-state index in [9.17, 15) is 0 Å². The van der Waals surface area contributed by atoms with Crippen LogP contribution < -0.4 is 4.98 Å². The zero-order chi connectivity index (χ0) is 8.69. The first-order valence-electron chi connectivity index (χ1n) is 4.47. The highest BCUT2D eigenvalue weighted by atomic mass is 28.2. The van der Waals surface area contributed by atoms with Gasteiger partial charge in [0.15, 0.2) is 0 Å². The van der Waals surface area contributed by atoms with Crippen LogP contribution in [0.15, 0.2) is 11.6 Å². The van der Waals surface area contributed by atoms with Crippen LogP contribution >= 0.6 is 0 Å². The normalized spacial score (nSPS) is 12.9. The van der Waals surface area contributed by atoms with E-state index in [0.29, 0.717) is 0 Å². The Morgan fingerprint density at radius 3 is 2.64 bits per heavy atom. The van der Waals surface area contributed by atoms with E-state index in [2.05, 4.69) is 31.8 Å². The maximum Gasteiger partial charge on any atom is 0.0749 e. The molecule has 0 aliphatic rings. The first kappa shape index (κ1) is 10.9. The number of hydrogen-bond acceptors (Lipinski definition) is 1. The van der Waals surface area contributed by atoms with Gasteiger partial charge in [-0.05, 0) is 32.2 Å². The summed E-state index contributed by atoms with van der Waals surface area (Å²) in [5, 5.41) is 0. The van der Waals surface area contributed by atoms with Gasteiger partial charge in [-0.3, -0.25) is 0 Å². The lowest BCUT2D eigenvalue weighted by molar-refractivity contribution is 0.640. The van der Waals surface area contributed by atoms with Crippen LogP contribution in [0.2, 0.25) is 0 Å². The predicted molar refractivity (Wildman–Crippen MR) is 55.8 cm³/mol. The van der Waals surface area contributed by atoms with Crippen molar-refractivity contribution in [2.75, 3.05) is 6.54 Å². The maximum absolute atomic E-state index is 3.27. The molecular weight excluding hydrogens is 150 g/mol. The molecule has 0 atom stereocenters. The molecule has 11 heavy (non-hydrogen) atoms. The molecule has 0 aliphatic carbocycles. The average Bonchev–Trinajstić information content (AvgIpc) is 1.86. The van der Waals surface area contributed by atoms with Crippen molar-refractivity contribution < 1.29 is 0 Å². The minimum atomic E-state index is 0.801. The van der Waals surface area contributed by atoms with Crippen molar-refractivity contribution in [3.63, 3.8) is 0 Å². The van der Waals surface area contributed by atoms with Crippen molar-refractivity contribution in [3.8, 4) is 0 Å². The zero-order valence-corrected chi connectivity index (χ0v) is 10.3. The summed E-state index contributed by atoms with van der Waals surface area (Å²) in [6.07, 6.45) is 4.80. The Hall–Kier alpha value is -0.0831. The second-order valence-corrected chi connectivity index (χ2v) is 4.25. The van der Waals surface area contributed by atoms with Gasteiger partial charge in [0.05, 0.1) is 10.4 Å². The van der Waals surface area contributed by atoms with Crippen LogP contribution in [0.25, 0.3) is 0 Å². The molecule has 0 heterocycles. The number of rotatable bonds is 5. The van der Waals surface area contributed by atoms with Crippen molar-refractivity contribution in [3.05, 3.63) is 11.6 Å². The van der Waals surface area contributed by atoms with Crippen molar-refractivity contribution in [1.82, 2.24) is 4.98 Å². The van der Waals surface area contributed by atoms with Gasteiger partial charge in [0, 0.05) is 0 Å². The molecule has 0 aromatic heterocycles. The highest BCUT2D eigenvalue weighted by Crippen LogP contribution is 2.09. The summed E-state index contributed by atoms with van der Waals surface area (Å²) in [6, 6.07) is 0. The van der Waals surface area contributed by atoms with Crippen LogP contribution in [0.4, 0.5) is 0 Å². The second-order valence-electron chi connectivity index (χ2n) is 3.54. The molecule has 0 rings (SSSR count). The van der Waals surface area contributed by atoms with Crippen molar-refractivity contribution >= 4 is 10.4 Å². The highest BCUT2D eigenvalue weighted by Gasteiger charge is 1.93. The Balaban J connectivity index is 3.46. The van der Waals surface area contributed by atoms with Crippen LogP contribution in [-0.2, 0) is 0 Å². The largest absolute Gasteiger partial charge is 0.345 e. The van der Waals surface area contributed by atoms with Crippen LogP contribution in [0.3, 0.4) is 0 Å². The van der Waals surface area contributed by atoms with E-state index in [-0.39, 0.29) is 0 Å². The summed E-state index contributed by atoms with van der Waals surface area (Å²) < 4.78 is 0. The molecule has 1 nitrogen and oxygen atoms in total. The number of allylic oxidation sites excluding steroid dienone is 1. The first-order valence-corrected chi connectivity index (χ1v) is 5.47. The van der Waals surface area contributed by atoms with Crippen LogP contribution in [0.1, 0.15) is 33.6 Å². The molecule has 0 aromatic rings. The fourth-order valence-corrected chi connectivity index (χ4v) is 1.48. The van der Waals surface area contributed by atoms with Crippen molar-refractivity contribution in [1.29, 1.82) is 0 Å². The molecule has 1 N–H and O–H groups in total. The number of hydrogen-bond donors (Lipinski definition) is 1. The minimum Gasteiger partial charge on any atom is -0.345 e. The van der Waals surface area contributed by atoms with Gasteiger partial charge >= 0.3 is 0 Å². The predicted octanol–water partition coefficient (Wildman–Crippen LogP) is 1.24. The van der Waals surface area contributed by atoms with Gasteiger partial charge < -0.3 is 4.98 Å². The smallest absolute Gasteiger partial charge is 0.0749 e. The third kappa shape index (κ3) is 7.82. The van der Waals surface area contributed by atoms with E-state index in [1.54, 1.807) is 0 Å². The standard InChI is InChI=1S/C9H21NSi/c1-8(2)7-9(3)5-4-6-10-11/h5,8,10H,4,6-7H2,1-3,11H3. The number of nitrogens with one attached hydrogen (secondary N) is 1. The average molecular weight is 171 g/mol. The van der Waals surface area contributed by atoms with E-state index in [0.717, 1.165) is 22.9 Å². The third-order valence-electron chi connectivity index (χ3n) is 1.62. The molecule has 0 spiro atoms. The SMILES string of the molecule is CC(=CCCN[SiH3])CC(C)C. The van der Waals surface area contributed by atoms with Crippen LogP contribution in [0.5, 0.6) is 0 Å². The molecule has 0 fully saturated rings. The molecule has 0 amide bonds. The Labute approximate surface area is 73.8 Å². The Kier molecular flexibility index (Phi) is 6.57. The summed E-state index contributed by atoms with van der Waals surface area (Å²) in [7, 11) is 1.12. The van der Waals surface area contributed by atoms with Crippen molar-refractivity contribution in [2.24, 2.45) is 5.92 Å². The molecule has 0 saturated heterocycles. The Morgan fingerprint density at radius 1 is 1.55 bits per heavy atom. The Bertz CT molecular complexity index is 119. The lowest BCUT2D eigenvalue weighted by Crippen LogP contribution is -2.08. The summed E-state index contributed by atoms with van der Waals surface area (Å²) in [5.41, 5.74) is 1.54. The van der Waals surface area contributed by atoms with Crippen molar-refractivity contribution in [2.45, 2.75) is 33.6 Å². The first-order chi connectivity index (χ1) is 5.16. The van der Waals surface area contributed by atoms with E-state index in [4.69, 9.17) is 0 Å². The van der Waals surface area contributed by atoms with Gasteiger partial charge in [-0.15, -0.1) is 0 Å². The maximum atomic E-state index is 3.27. The molecule has 0 bridgehead atoms. The Morgan fingerprint density at radius 2 is 2.18 bits per heavy atom. The van der Waals surface area contributed by atoms with Crippen LogP contribution in [-0.4, -0.2) is 16.9 Å². The van der Waals surface area contributed by atoms with Gasteiger partial charge in [0.1, 0.15) is 0 Å². The molecule has 0 radical (unpaired) electrons. The molecule has 0 aliphatic heterocycles. The van der Waals surface area contributed by atoms with E-state index < -0.39 is 0 Å². The summed E-state index contributed by atoms with van der Waals surface area (Å²) in [5.74, 6) is 0.801. The van der Waals surface area contributed by atoms with Gasteiger partial charge in [-0.1, -0.05) is 25.5 Å². The fourth-order valence-electron chi connectivity index (χ4n) is 1.19. The molecule has 0 unspecified atom stereocenters. The molecule has 66 valence electrons. The summed E-state index contributed by atoms with van der Waals surface area (Å²) in [6.45, 7) is 7.92. The molecular formula is C9H21NSi. The molecule has 0 saturated carbocycles. The second kappa shape index (κ2) is 6.62. The molecule has 0 aromatic carbocycles. The van der Waals surface area contributed by atoms with Gasteiger partial charge in [0.25, 0.3) is 0 Å². The van der Waals surface area contributed by atoms with Gasteiger partial charge in [0.2, 0.25) is 0 Å². The van der Waals surface area contributed by atoms with Gasteiger partial charge in [-0.2, -0.15) is 0 Å². The summed E-state index contributed by atoms with van der Waals surface area (Å²) in [4.78, 5) is 3.27. The molecule has 2 heteroatoms. The highest BCUT2D eigenvalue weighted by molar-refractivity contribution is 6.04. The zero-order valence-electron chi connectivity index (χ0n) is 8.28. The fraction of sp³-hybridized carbons (Fsp3) is 0.778. The van der Waals surface area contributed by atoms with E-state index in [1.807, 2.05) is 0 Å². The quantitative estimate of drug-likeness (QED) is 0.373. The monoisotopic (exact) mass is 171 g/mol.